The highest BCUT2D eigenvalue weighted by molar-refractivity contribution is 8.00. The van der Waals surface area contributed by atoms with Gasteiger partial charge in [-0.25, -0.2) is 4.39 Å². The lowest BCUT2D eigenvalue weighted by Gasteiger charge is -2.32. The number of thioether (sulfide) groups is 1. The zero-order valence-electron chi connectivity index (χ0n) is 17.6. The fourth-order valence-electron chi connectivity index (χ4n) is 3.54. The molecule has 6 nitrogen and oxygen atoms in total. The van der Waals surface area contributed by atoms with Gasteiger partial charge in [-0.15, -0.1) is 10.2 Å². The zero-order chi connectivity index (χ0) is 21.0. The van der Waals surface area contributed by atoms with Crippen LogP contribution in [0.15, 0.2) is 29.4 Å². The van der Waals surface area contributed by atoms with Crippen molar-refractivity contribution >= 4 is 17.7 Å². The van der Waals surface area contributed by atoms with Crippen LogP contribution in [0.1, 0.15) is 58.8 Å². The van der Waals surface area contributed by atoms with Gasteiger partial charge < -0.3 is 5.32 Å². The maximum absolute atomic E-state index is 13.5. The van der Waals surface area contributed by atoms with E-state index >= 15 is 0 Å². The molecule has 29 heavy (non-hydrogen) atoms. The van der Waals surface area contributed by atoms with Crippen molar-refractivity contribution in [2.24, 2.45) is 0 Å². The summed E-state index contributed by atoms with van der Waals surface area (Å²) in [6.07, 6.45) is 3.63. The second-order valence-corrected chi connectivity index (χ2v) is 9.16. The molecular weight excluding hydrogens is 389 g/mol. The van der Waals surface area contributed by atoms with Crippen molar-refractivity contribution in [3.05, 3.63) is 35.9 Å². The smallest absolute Gasteiger partial charge is 0.233 e. The number of halogens is 1. The lowest BCUT2D eigenvalue weighted by molar-refractivity contribution is -0.120. The van der Waals surface area contributed by atoms with Crippen LogP contribution in [0.2, 0.25) is 0 Å². The van der Waals surface area contributed by atoms with Crippen molar-refractivity contribution in [3.63, 3.8) is 0 Å². The van der Waals surface area contributed by atoms with E-state index < -0.39 is 0 Å². The second kappa shape index (κ2) is 9.71. The first-order valence-corrected chi connectivity index (χ1v) is 11.2. The van der Waals surface area contributed by atoms with Gasteiger partial charge in [0.2, 0.25) is 5.91 Å². The summed E-state index contributed by atoms with van der Waals surface area (Å²) in [6.45, 7) is 9.95. The molecule has 2 aromatic rings. The fourth-order valence-corrected chi connectivity index (χ4v) is 4.43. The number of nitrogens with one attached hydrogen (secondary N) is 1. The molecule has 0 saturated carbocycles. The molecule has 1 aromatic carbocycles. The molecule has 0 aliphatic carbocycles. The minimum Gasteiger partial charge on any atom is -0.353 e. The number of carbonyl (C=O) groups excluding carboxylic acids is 1. The lowest BCUT2D eigenvalue weighted by Crippen LogP contribution is -2.36. The summed E-state index contributed by atoms with van der Waals surface area (Å²) < 4.78 is 15.5. The van der Waals surface area contributed by atoms with Crippen LogP contribution in [0, 0.1) is 5.82 Å². The van der Waals surface area contributed by atoms with E-state index in [1.54, 1.807) is 12.1 Å². The maximum atomic E-state index is 13.5. The summed E-state index contributed by atoms with van der Waals surface area (Å²) in [5.41, 5.74) is 0.800. The predicted octanol–water partition coefficient (Wildman–Crippen LogP) is 3.96. The number of hydrogen-bond acceptors (Lipinski definition) is 5. The van der Waals surface area contributed by atoms with Crippen molar-refractivity contribution in [1.29, 1.82) is 0 Å². The largest absolute Gasteiger partial charge is 0.353 e. The molecule has 3 rings (SSSR count). The summed E-state index contributed by atoms with van der Waals surface area (Å²) in [5, 5.41) is 12.2. The van der Waals surface area contributed by atoms with E-state index in [-0.39, 0.29) is 29.1 Å². The first kappa shape index (κ1) is 21.8. The Morgan fingerprint density at radius 3 is 2.34 bits per heavy atom. The topological polar surface area (TPSA) is 63.1 Å². The van der Waals surface area contributed by atoms with Gasteiger partial charge in [-0.05, 0) is 77.9 Å². The van der Waals surface area contributed by atoms with Crippen LogP contribution in [-0.2, 0) is 4.79 Å². The third-order valence-electron chi connectivity index (χ3n) is 5.14. The average molecular weight is 420 g/mol. The van der Waals surface area contributed by atoms with E-state index in [4.69, 9.17) is 0 Å². The number of rotatable bonds is 7. The Hall–Kier alpha value is -1.93. The zero-order valence-corrected chi connectivity index (χ0v) is 18.4. The number of aromatic nitrogens is 3. The van der Waals surface area contributed by atoms with Gasteiger partial charge in [-0.2, -0.15) is 0 Å². The molecule has 0 bridgehead atoms. The monoisotopic (exact) mass is 419 g/mol. The lowest BCUT2D eigenvalue weighted by atomic mass is 10.1. The van der Waals surface area contributed by atoms with E-state index in [1.165, 1.54) is 43.2 Å². The Bertz CT molecular complexity index is 817. The van der Waals surface area contributed by atoms with Crippen LogP contribution in [0.25, 0.3) is 5.69 Å². The minimum atomic E-state index is -0.320. The first-order valence-electron chi connectivity index (χ1n) is 10.3. The number of amides is 1. The molecule has 1 aliphatic heterocycles. The molecule has 158 valence electrons. The number of likely N-dealkylation sites (tertiary alicyclic amines) is 1. The van der Waals surface area contributed by atoms with Crippen molar-refractivity contribution in [1.82, 2.24) is 25.0 Å². The predicted molar refractivity (Wildman–Crippen MR) is 114 cm³/mol. The molecule has 2 atom stereocenters. The SMILES string of the molecule is CC(C)NC(=O)[C@H](C)Sc1nnc([C@H](C)N2CCCCC2)n1-c1ccc(F)cc1. The van der Waals surface area contributed by atoms with Crippen LogP contribution >= 0.6 is 11.8 Å². The Morgan fingerprint density at radius 1 is 1.07 bits per heavy atom. The highest BCUT2D eigenvalue weighted by Crippen LogP contribution is 2.31. The molecule has 0 radical (unpaired) electrons. The van der Waals surface area contributed by atoms with Crippen LogP contribution in [0.4, 0.5) is 4.39 Å². The molecule has 1 saturated heterocycles. The Labute approximate surface area is 176 Å². The van der Waals surface area contributed by atoms with E-state index in [0.717, 1.165) is 24.6 Å². The van der Waals surface area contributed by atoms with E-state index in [0.29, 0.717) is 5.16 Å². The number of hydrogen-bond donors (Lipinski definition) is 1. The van der Waals surface area contributed by atoms with Crippen molar-refractivity contribution in [2.75, 3.05) is 13.1 Å². The molecule has 2 heterocycles. The number of piperidine rings is 1. The highest BCUT2D eigenvalue weighted by atomic mass is 32.2. The molecule has 1 amide bonds. The molecular formula is C21H30FN5OS. The van der Waals surface area contributed by atoms with Crippen LogP contribution in [-0.4, -0.2) is 50.0 Å². The maximum Gasteiger partial charge on any atom is 0.233 e. The minimum absolute atomic E-state index is 0.0377. The van der Waals surface area contributed by atoms with Crippen LogP contribution in [0.5, 0.6) is 0 Å². The summed E-state index contributed by atoms with van der Waals surface area (Å²) in [5.74, 6) is 0.494. The Balaban J connectivity index is 1.92. The Morgan fingerprint density at radius 2 is 1.72 bits per heavy atom. The van der Waals surface area contributed by atoms with Gasteiger partial charge in [0, 0.05) is 11.7 Å². The van der Waals surface area contributed by atoms with E-state index in [2.05, 4.69) is 27.3 Å². The molecule has 0 spiro atoms. The van der Waals surface area contributed by atoms with Gasteiger partial charge in [0.1, 0.15) is 5.82 Å². The molecule has 1 aliphatic rings. The van der Waals surface area contributed by atoms with Gasteiger partial charge in [0.15, 0.2) is 11.0 Å². The summed E-state index contributed by atoms with van der Waals surface area (Å²) in [6, 6.07) is 6.50. The number of nitrogens with zero attached hydrogens (tertiary/aromatic N) is 4. The van der Waals surface area contributed by atoms with Crippen molar-refractivity contribution < 1.29 is 9.18 Å². The summed E-state index contributed by atoms with van der Waals surface area (Å²) in [7, 11) is 0. The van der Waals surface area contributed by atoms with Crippen molar-refractivity contribution in [3.8, 4) is 5.69 Å². The normalized spacial score (nSPS) is 17.3. The van der Waals surface area contributed by atoms with Crippen LogP contribution < -0.4 is 5.32 Å². The third-order valence-corrected chi connectivity index (χ3v) is 6.18. The van der Waals surface area contributed by atoms with Gasteiger partial charge in [0.05, 0.1) is 11.3 Å². The molecule has 1 aromatic heterocycles. The van der Waals surface area contributed by atoms with Crippen LogP contribution in [0.3, 0.4) is 0 Å². The first-order chi connectivity index (χ1) is 13.9. The third kappa shape index (κ3) is 5.36. The fraction of sp³-hybridized carbons (Fsp3) is 0.571. The number of carbonyl (C=O) groups is 1. The summed E-state index contributed by atoms with van der Waals surface area (Å²) >= 11 is 1.37. The Kier molecular flexibility index (Phi) is 7.29. The quantitative estimate of drug-likeness (QED) is 0.689. The highest BCUT2D eigenvalue weighted by Gasteiger charge is 2.27. The molecule has 0 unspecified atom stereocenters. The van der Waals surface area contributed by atoms with Gasteiger partial charge in [-0.3, -0.25) is 14.3 Å². The second-order valence-electron chi connectivity index (χ2n) is 7.85. The molecule has 8 heteroatoms. The number of benzene rings is 1. The standard InChI is InChI=1S/C21H30FN5OS/c1-14(2)23-20(28)16(4)29-21-25-24-19(15(3)26-12-6-5-7-13-26)27(21)18-10-8-17(22)9-11-18/h8-11,14-16H,5-7,12-13H2,1-4H3,(H,23,28)/t15-,16-/m0/s1. The molecule has 1 fully saturated rings. The van der Waals surface area contributed by atoms with Gasteiger partial charge in [0.25, 0.3) is 0 Å². The summed E-state index contributed by atoms with van der Waals surface area (Å²) in [4.78, 5) is 14.8. The van der Waals surface area contributed by atoms with Crippen molar-refractivity contribution in [2.45, 2.75) is 69.4 Å². The molecule has 1 N–H and O–H groups in total. The average Bonchev–Trinajstić information content (AvgIpc) is 3.11. The van der Waals surface area contributed by atoms with Gasteiger partial charge >= 0.3 is 0 Å². The van der Waals surface area contributed by atoms with Gasteiger partial charge in [-0.1, -0.05) is 18.2 Å². The van der Waals surface area contributed by atoms with E-state index in [1.807, 2.05) is 25.3 Å². The van der Waals surface area contributed by atoms with E-state index in [9.17, 15) is 9.18 Å².